The van der Waals surface area contributed by atoms with Gasteiger partial charge < -0.3 is 15.3 Å². The van der Waals surface area contributed by atoms with Gasteiger partial charge in [-0.25, -0.2) is 0 Å². The van der Waals surface area contributed by atoms with E-state index in [1.54, 1.807) is 0 Å². The van der Waals surface area contributed by atoms with Gasteiger partial charge in [0.1, 0.15) is 0 Å². The van der Waals surface area contributed by atoms with E-state index >= 15 is 0 Å². The van der Waals surface area contributed by atoms with Crippen LogP contribution in [-0.2, 0) is 9.59 Å². The van der Waals surface area contributed by atoms with Crippen molar-refractivity contribution in [3.05, 3.63) is 0 Å². The topological polar surface area (TPSA) is 69.6 Å². The smallest absolute Gasteiger partial charge is 0.303 e. The van der Waals surface area contributed by atoms with Gasteiger partial charge in [0.05, 0.1) is 6.42 Å². The number of amides is 1. The monoisotopic (exact) mass is 230 g/mol. The summed E-state index contributed by atoms with van der Waals surface area (Å²) in [7, 11) is 0. The van der Waals surface area contributed by atoms with Crippen LogP contribution < -0.4 is 5.32 Å². The summed E-state index contributed by atoms with van der Waals surface area (Å²) in [6, 6.07) is 0. The van der Waals surface area contributed by atoms with Crippen LogP contribution in [0.4, 0.5) is 0 Å². The second kappa shape index (κ2) is 9.15. The Labute approximate surface area is 96.8 Å². The number of carbonyl (C=O) groups is 2. The van der Waals surface area contributed by atoms with Crippen molar-refractivity contribution >= 4 is 11.9 Å². The molecule has 0 bridgehead atoms. The van der Waals surface area contributed by atoms with E-state index in [1.807, 2.05) is 0 Å². The lowest BCUT2D eigenvalue weighted by Gasteiger charge is -2.17. The number of nitrogens with one attached hydrogen (secondary N) is 1. The van der Waals surface area contributed by atoms with Crippen molar-refractivity contribution in [1.29, 1.82) is 0 Å². The molecule has 0 aromatic heterocycles. The van der Waals surface area contributed by atoms with Crippen molar-refractivity contribution in [2.45, 2.75) is 33.1 Å². The van der Waals surface area contributed by atoms with E-state index in [4.69, 9.17) is 5.11 Å². The summed E-state index contributed by atoms with van der Waals surface area (Å²) in [6.07, 6.45) is 0.878. The summed E-state index contributed by atoms with van der Waals surface area (Å²) >= 11 is 0. The summed E-state index contributed by atoms with van der Waals surface area (Å²) in [4.78, 5) is 23.6. The van der Waals surface area contributed by atoms with E-state index in [0.29, 0.717) is 6.54 Å². The Morgan fingerprint density at radius 2 is 1.81 bits per heavy atom. The lowest BCUT2D eigenvalue weighted by molar-refractivity contribution is -0.138. The van der Waals surface area contributed by atoms with Crippen LogP contribution in [-0.4, -0.2) is 48.1 Å². The Bertz CT molecular complexity index is 215. The Kier molecular flexibility index (Phi) is 8.52. The quantitative estimate of drug-likeness (QED) is 0.572. The summed E-state index contributed by atoms with van der Waals surface area (Å²) in [5, 5.41) is 11.1. The predicted octanol–water partition coefficient (Wildman–Crippen LogP) is 0.699. The van der Waals surface area contributed by atoms with Crippen LogP contribution in [0.15, 0.2) is 0 Å². The lowest BCUT2D eigenvalue weighted by Crippen LogP contribution is -2.30. The van der Waals surface area contributed by atoms with Gasteiger partial charge in [0.2, 0.25) is 5.91 Å². The number of carboxylic acids is 1. The van der Waals surface area contributed by atoms with Crippen LogP contribution >= 0.6 is 0 Å². The highest BCUT2D eigenvalue weighted by Gasteiger charge is 2.04. The Morgan fingerprint density at radius 3 is 2.31 bits per heavy atom. The lowest BCUT2D eigenvalue weighted by atomic mass is 10.3. The first-order valence-electron chi connectivity index (χ1n) is 5.81. The Morgan fingerprint density at radius 1 is 1.19 bits per heavy atom. The molecule has 5 nitrogen and oxygen atoms in total. The van der Waals surface area contributed by atoms with Gasteiger partial charge in [-0.05, 0) is 26.1 Å². The molecule has 1 amide bonds. The zero-order valence-corrected chi connectivity index (χ0v) is 10.2. The number of carbonyl (C=O) groups excluding carboxylic acids is 1. The normalized spacial score (nSPS) is 10.4. The molecule has 0 spiro atoms. The minimum Gasteiger partial charge on any atom is -0.481 e. The highest BCUT2D eigenvalue weighted by molar-refractivity contribution is 5.80. The van der Waals surface area contributed by atoms with Crippen LogP contribution in [0.5, 0.6) is 0 Å². The zero-order valence-electron chi connectivity index (χ0n) is 10.2. The SMILES string of the molecule is CCN(CC)CCCNC(=O)CCC(=O)O. The molecule has 0 saturated carbocycles. The molecule has 0 aromatic rings. The molecule has 0 saturated heterocycles. The van der Waals surface area contributed by atoms with Gasteiger partial charge in [-0.3, -0.25) is 9.59 Å². The van der Waals surface area contributed by atoms with Gasteiger partial charge in [0.25, 0.3) is 0 Å². The first kappa shape index (κ1) is 14.9. The maximum Gasteiger partial charge on any atom is 0.303 e. The fraction of sp³-hybridized carbons (Fsp3) is 0.818. The average Bonchev–Trinajstić information content (AvgIpc) is 2.26. The first-order chi connectivity index (χ1) is 7.60. The van der Waals surface area contributed by atoms with Gasteiger partial charge in [-0.2, -0.15) is 0 Å². The number of nitrogens with zero attached hydrogens (tertiary/aromatic N) is 1. The van der Waals surface area contributed by atoms with Crippen LogP contribution in [0.1, 0.15) is 33.1 Å². The molecule has 0 aromatic carbocycles. The standard InChI is InChI=1S/C11H22N2O3/c1-3-13(4-2)9-5-8-12-10(14)6-7-11(15)16/h3-9H2,1-2H3,(H,12,14)(H,15,16). The van der Waals surface area contributed by atoms with Crippen LogP contribution in [0.2, 0.25) is 0 Å². The largest absolute Gasteiger partial charge is 0.481 e. The molecule has 0 aliphatic rings. The van der Waals surface area contributed by atoms with Gasteiger partial charge in [0, 0.05) is 13.0 Å². The molecule has 0 aliphatic carbocycles. The van der Waals surface area contributed by atoms with Gasteiger partial charge in [0.15, 0.2) is 0 Å². The predicted molar refractivity (Wildman–Crippen MR) is 62.3 cm³/mol. The van der Waals surface area contributed by atoms with Gasteiger partial charge in [-0.1, -0.05) is 13.8 Å². The van der Waals surface area contributed by atoms with Crippen LogP contribution in [0.3, 0.4) is 0 Å². The van der Waals surface area contributed by atoms with Gasteiger partial charge >= 0.3 is 5.97 Å². The summed E-state index contributed by atoms with van der Waals surface area (Å²) in [6.45, 7) is 7.83. The van der Waals surface area contributed by atoms with E-state index in [1.165, 1.54) is 0 Å². The Balaban J connectivity index is 3.43. The van der Waals surface area contributed by atoms with E-state index in [-0.39, 0.29) is 18.7 Å². The number of hydrogen-bond donors (Lipinski definition) is 2. The molecule has 0 rings (SSSR count). The van der Waals surface area contributed by atoms with Crippen LogP contribution in [0, 0.1) is 0 Å². The van der Waals surface area contributed by atoms with E-state index in [9.17, 15) is 9.59 Å². The summed E-state index contributed by atoms with van der Waals surface area (Å²) < 4.78 is 0. The highest BCUT2D eigenvalue weighted by atomic mass is 16.4. The fourth-order valence-electron chi connectivity index (χ4n) is 1.38. The van der Waals surface area contributed by atoms with E-state index < -0.39 is 5.97 Å². The number of hydrogen-bond acceptors (Lipinski definition) is 3. The second-order valence-corrected chi connectivity index (χ2v) is 3.62. The summed E-state index contributed by atoms with van der Waals surface area (Å²) in [5.41, 5.74) is 0. The number of carboxylic acid groups (broad SMARTS) is 1. The molecule has 5 heteroatoms. The number of rotatable bonds is 9. The minimum atomic E-state index is -0.932. The third-order valence-corrected chi connectivity index (χ3v) is 2.43. The van der Waals surface area contributed by atoms with Crippen molar-refractivity contribution in [2.24, 2.45) is 0 Å². The molecule has 0 unspecified atom stereocenters. The first-order valence-corrected chi connectivity index (χ1v) is 5.81. The molecule has 0 aliphatic heterocycles. The third-order valence-electron chi connectivity index (χ3n) is 2.43. The van der Waals surface area contributed by atoms with Crippen molar-refractivity contribution in [3.8, 4) is 0 Å². The number of aliphatic carboxylic acids is 1. The van der Waals surface area contributed by atoms with Gasteiger partial charge in [-0.15, -0.1) is 0 Å². The highest BCUT2D eigenvalue weighted by Crippen LogP contribution is 1.91. The van der Waals surface area contributed by atoms with Crippen molar-refractivity contribution in [3.63, 3.8) is 0 Å². The average molecular weight is 230 g/mol. The van der Waals surface area contributed by atoms with Crippen LogP contribution in [0.25, 0.3) is 0 Å². The molecule has 94 valence electrons. The zero-order chi connectivity index (χ0) is 12.4. The molecular formula is C11H22N2O3. The van der Waals surface area contributed by atoms with Crippen molar-refractivity contribution < 1.29 is 14.7 Å². The van der Waals surface area contributed by atoms with Crippen molar-refractivity contribution in [1.82, 2.24) is 10.2 Å². The molecular weight excluding hydrogens is 208 g/mol. The molecule has 0 heterocycles. The Hall–Kier alpha value is -1.10. The fourth-order valence-corrected chi connectivity index (χ4v) is 1.38. The van der Waals surface area contributed by atoms with E-state index in [2.05, 4.69) is 24.1 Å². The summed E-state index contributed by atoms with van der Waals surface area (Å²) in [5.74, 6) is -1.11. The maximum atomic E-state index is 11.1. The molecule has 0 atom stereocenters. The maximum absolute atomic E-state index is 11.1. The molecule has 0 fully saturated rings. The van der Waals surface area contributed by atoms with Crippen molar-refractivity contribution in [2.75, 3.05) is 26.2 Å². The second-order valence-electron chi connectivity index (χ2n) is 3.62. The minimum absolute atomic E-state index is 0.0700. The third kappa shape index (κ3) is 8.23. The molecule has 16 heavy (non-hydrogen) atoms. The van der Waals surface area contributed by atoms with E-state index in [0.717, 1.165) is 26.1 Å². The molecule has 0 radical (unpaired) electrons. The molecule has 2 N–H and O–H groups in total.